The maximum atomic E-state index is 12.3. The smallest absolute Gasteiger partial charge is 0.262 e. The zero-order chi connectivity index (χ0) is 28.4. The number of dihydropyridines is 1. The van der Waals surface area contributed by atoms with Crippen LogP contribution in [-0.4, -0.2) is 71.9 Å². The Balaban J connectivity index is 1.36. The molecule has 0 bridgehead atoms. The van der Waals surface area contributed by atoms with Crippen LogP contribution in [0.25, 0.3) is 21.6 Å². The minimum atomic E-state index is -0.543. The predicted molar refractivity (Wildman–Crippen MR) is 164 cm³/mol. The summed E-state index contributed by atoms with van der Waals surface area (Å²) in [4.78, 5) is 26.5. The van der Waals surface area contributed by atoms with Crippen LogP contribution in [0, 0.1) is 0 Å². The average Bonchev–Trinajstić information content (AvgIpc) is 3.55. The SMILES string of the molecule is C[C@@H](Oc1cc(-n2cnc3cc(C4=CCC(N(C)CCN(C)C)N=C4)ccc32)sc1C(N)=O)c1ccccc1Cl. The highest BCUT2D eigenvalue weighted by molar-refractivity contribution is 7.16. The number of aromatic nitrogens is 2. The average molecular weight is 577 g/mol. The number of primary amides is 1. The lowest BCUT2D eigenvalue weighted by Gasteiger charge is -2.27. The molecule has 1 unspecified atom stereocenters. The molecule has 1 aliphatic rings. The molecule has 0 aliphatic carbocycles. The lowest BCUT2D eigenvalue weighted by molar-refractivity contribution is 0.0998. The summed E-state index contributed by atoms with van der Waals surface area (Å²) in [6, 6.07) is 15.5. The van der Waals surface area contributed by atoms with Crippen molar-refractivity contribution in [3.8, 4) is 10.8 Å². The number of hydrogen-bond donors (Lipinski definition) is 1. The first-order chi connectivity index (χ1) is 19.2. The minimum absolute atomic E-state index is 0.155. The van der Waals surface area contributed by atoms with E-state index < -0.39 is 5.91 Å². The highest BCUT2D eigenvalue weighted by atomic mass is 35.5. The highest BCUT2D eigenvalue weighted by Crippen LogP contribution is 2.37. The van der Waals surface area contributed by atoms with Gasteiger partial charge in [0.2, 0.25) is 0 Å². The van der Waals surface area contributed by atoms with E-state index in [4.69, 9.17) is 27.1 Å². The molecule has 2 atom stereocenters. The second kappa shape index (κ2) is 11.9. The number of hydrogen-bond acceptors (Lipinski definition) is 7. The normalized spacial score (nSPS) is 16.1. The molecule has 0 radical (unpaired) electrons. The fraction of sp³-hybridized carbons (Fsp3) is 0.300. The monoisotopic (exact) mass is 576 g/mol. The number of benzene rings is 2. The molecule has 10 heteroatoms. The van der Waals surface area contributed by atoms with E-state index in [1.165, 1.54) is 11.3 Å². The molecule has 208 valence electrons. The fourth-order valence-electron chi connectivity index (χ4n) is 4.67. The summed E-state index contributed by atoms with van der Waals surface area (Å²) >= 11 is 7.63. The Morgan fingerprint density at radius 1 is 1.20 bits per heavy atom. The van der Waals surface area contributed by atoms with E-state index in [1.807, 2.05) is 54.1 Å². The third-order valence-corrected chi connectivity index (χ3v) is 8.49. The van der Waals surface area contributed by atoms with Gasteiger partial charge in [-0.1, -0.05) is 41.9 Å². The van der Waals surface area contributed by atoms with Gasteiger partial charge in [0, 0.05) is 42.4 Å². The van der Waals surface area contributed by atoms with E-state index in [0.717, 1.165) is 52.2 Å². The second-order valence-corrected chi connectivity index (χ2v) is 11.6. The summed E-state index contributed by atoms with van der Waals surface area (Å²) in [5, 5.41) is 1.39. The molecule has 2 aromatic heterocycles. The van der Waals surface area contributed by atoms with Gasteiger partial charge in [-0.25, -0.2) is 4.98 Å². The van der Waals surface area contributed by atoms with E-state index in [0.29, 0.717) is 15.6 Å². The largest absolute Gasteiger partial charge is 0.484 e. The topological polar surface area (TPSA) is 89.0 Å². The number of carbonyl (C=O) groups excluding carboxylic acids is 1. The minimum Gasteiger partial charge on any atom is -0.484 e. The zero-order valence-electron chi connectivity index (χ0n) is 23.0. The number of amides is 1. The number of aliphatic imine (C=N–C) groups is 1. The second-order valence-electron chi connectivity index (χ2n) is 10.2. The summed E-state index contributed by atoms with van der Waals surface area (Å²) in [6.45, 7) is 3.86. The molecule has 0 fully saturated rings. The number of nitrogens with zero attached hydrogens (tertiary/aromatic N) is 5. The zero-order valence-corrected chi connectivity index (χ0v) is 24.6. The third kappa shape index (κ3) is 5.97. The Bertz CT molecular complexity index is 1590. The number of likely N-dealkylation sites (N-methyl/N-ethyl adjacent to an activating group) is 2. The molecule has 1 aliphatic heterocycles. The number of thiophene rings is 1. The molecule has 0 saturated heterocycles. The van der Waals surface area contributed by atoms with Crippen LogP contribution in [0.2, 0.25) is 5.02 Å². The van der Waals surface area contributed by atoms with Gasteiger partial charge in [0.05, 0.1) is 11.0 Å². The number of rotatable bonds is 10. The van der Waals surface area contributed by atoms with E-state index in [-0.39, 0.29) is 12.3 Å². The van der Waals surface area contributed by atoms with Crippen molar-refractivity contribution in [1.82, 2.24) is 19.4 Å². The van der Waals surface area contributed by atoms with Gasteiger partial charge in [-0.05, 0) is 57.4 Å². The van der Waals surface area contributed by atoms with Gasteiger partial charge < -0.3 is 15.4 Å². The van der Waals surface area contributed by atoms with Crippen molar-refractivity contribution in [1.29, 1.82) is 0 Å². The van der Waals surface area contributed by atoms with Crippen molar-refractivity contribution in [3.05, 3.63) is 82.0 Å². The third-order valence-electron chi connectivity index (χ3n) is 7.02. The van der Waals surface area contributed by atoms with Gasteiger partial charge in [-0.3, -0.25) is 19.3 Å². The fourth-order valence-corrected chi connectivity index (χ4v) is 5.89. The van der Waals surface area contributed by atoms with Crippen LogP contribution in [0.4, 0.5) is 0 Å². The Hall–Kier alpha value is -3.50. The van der Waals surface area contributed by atoms with Crippen molar-refractivity contribution in [2.45, 2.75) is 25.6 Å². The van der Waals surface area contributed by atoms with Crippen LogP contribution in [-0.2, 0) is 0 Å². The molecular weight excluding hydrogens is 544 g/mol. The predicted octanol–water partition coefficient (Wildman–Crippen LogP) is 5.66. The lowest BCUT2D eigenvalue weighted by atomic mass is 10.0. The number of carbonyl (C=O) groups is 1. The van der Waals surface area contributed by atoms with Crippen molar-refractivity contribution < 1.29 is 9.53 Å². The van der Waals surface area contributed by atoms with E-state index in [9.17, 15) is 4.79 Å². The Labute approximate surface area is 243 Å². The van der Waals surface area contributed by atoms with Crippen LogP contribution in [0.3, 0.4) is 0 Å². The van der Waals surface area contributed by atoms with Crippen molar-refractivity contribution >= 4 is 51.7 Å². The maximum Gasteiger partial charge on any atom is 0.262 e. The number of nitrogens with two attached hydrogens (primary N) is 1. The number of allylic oxidation sites excluding steroid dienone is 1. The van der Waals surface area contributed by atoms with E-state index in [1.54, 1.807) is 6.33 Å². The van der Waals surface area contributed by atoms with Gasteiger partial charge in [-0.15, -0.1) is 11.3 Å². The van der Waals surface area contributed by atoms with Gasteiger partial charge in [0.15, 0.2) is 0 Å². The van der Waals surface area contributed by atoms with Gasteiger partial charge in [0.1, 0.15) is 34.2 Å². The molecular formula is C30H33ClN6O2S. The van der Waals surface area contributed by atoms with Gasteiger partial charge in [0.25, 0.3) is 5.91 Å². The summed E-state index contributed by atoms with van der Waals surface area (Å²) in [5.41, 5.74) is 10.5. The van der Waals surface area contributed by atoms with Crippen molar-refractivity contribution in [3.63, 3.8) is 0 Å². The molecule has 2 aromatic carbocycles. The van der Waals surface area contributed by atoms with Crippen molar-refractivity contribution in [2.75, 3.05) is 34.2 Å². The molecule has 1 amide bonds. The first-order valence-corrected chi connectivity index (χ1v) is 14.3. The van der Waals surface area contributed by atoms with Crippen LogP contribution in [0.15, 0.2) is 65.9 Å². The number of imidazole rings is 1. The van der Waals surface area contributed by atoms with Crippen molar-refractivity contribution in [2.24, 2.45) is 10.7 Å². The first-order valence-electron chi connectivity index (χ1n) is 13.1. The molecule has 8 nitrogen and oxygen atoms in total. The Morgan fingerprint density at radius 2 is 2.00 bits per heavy atom. The number of halogens is 1. The molecule has 2 N–H and O–H groups in total. The number of fused-ring (bicyclic) bond motifs is 1. The summed E-state index contributed by atoms with van der Waals surface area (Å²) in [6.07, 6.45) is 6.61. The quantitative estimate of drug-likeness (QED) is 0.263. The van der Waals surface area contributed by atoms with E-state index in [2.05, 4.69) is 54.1 Å². The van der Waals surface area contributed by atoms with Crippen LogP contribution < -0.4 is 10.5 Å². The molecule has 5 rings (SSSR count). The van der Waals surface area contributed by atoms with Crippen LogP contribution >= 0.6 is 22.9 Å². The summed E-state index contributed by atoms with van der Waals surface area (Å²) in [7, 11) is 6.28. The molecule has 4 aromatic rings. The number of ether oxygens (including phenoxy) is 1. The van der Waals surface area contributed by atoms with Gasteiger partial charge >= 0.3 is 0 Å². The Morgan fingerprint density at radius 3 is 2.70 bits per heavy atom. The summed E-state index contributed by atoms with van der Waals surface area (Å²) < 4.78 is 8.13. The molecule has 0 saturated carbocycles. The standard InChI is InChI=1S/C30H33ClN6O2S/c1-19(22-7-5-6-8-23(22)31)39-26-16-28(40-29(26)30(32)38)37-18-34-24-15-20(9-11-25(24)37)21-10-12-27(33-17-21)36(4)14-13-35(2)3/h5-11,15-19,27H,12-14H2,1-4H3,(H2,32,38)/t19-,27?/m1/s1. The maximum absolute atomic E-state index is 12.3. The molecule has 40 heavy (non-hydrogen) atoms. The van der Waals surface area contributed by atoms with Gasteiger partial charge in [-0.2, -0.15) is 0 Å². The molecule has 0 spiro atoms. The Kier molecular flexibility index (Phi) is 8.37. The first kappa shape index (κ1) is 28.0. The van der Waals surface area contributed by atoms with Crippen LogP contribution in [0.1, 0.15) is 40.2 Å². The highest BCUT2D eigenvalue weighted by Gasteiger charge is 2.21. The lowest BCUT2D eigenvalue weighted by Crippen LogP contribution is -2.36. The van der Waals surface area contributed by atoms with E-state index >= 15 is 0 Å². The van der Waals surface area contributed by atoms with Crippen LogP contribution in [0.5, 0.6) is 5.75 Å². The summed E-state index contributed by atoms with van der Waals surface area (Å²) in [5.74, 6) is -0.120. The molecule has 3 heterocycles.